The maximum absolute atomic E-state index is 14.0. The van der Waals surface area contributed by atoms with E-state index < -0.39 is 17.5 Å². The lowest BCUT2D eigenvalue weighted by Crippen LogP contribution is -2.56. The third-order valence-corrected chi connectivity index (χ3v) is 5.86. The molecule has 168 valence electrons. The Labute approximate surface area is 183 Å². The fraction of sp³-hybridized carbons (Fsp3) is 0.364. The number of aromatic nitrogens is 3. The highest BCUT2D eigenvalue weighted by Gasteiger charge is 2.29. The summed E-state index contributed by atoms with van der Waals surface area (Å²) in [5.41, 5.74) is 2.75. The summed E-state index contributed by atoms with van der Waals surface area (Å²) < 4.78 is 47.1. The van der Waals surface area contributed by atoms with Gasteiger partial charge in [0.2, 0.25) is 5.95 Å². The van der Waals surface area contributed by atoms with Crippen LogP contribution in [0.1, 0.15) is 5.56 Å². The van der Waals surface area contributed by atoms with Crippen molar-refractivity contribution in [2.75, 3.05) is 49.6 Å². The average Bonchev–Trinajstić information content (AvgIpc) is 3.17. The number of hydrogen-bond acceptors (Lipinski definition) is 6. The molecule has 0 atom stereocenters. The number of benzene rings is 2. The van der Waals surface area contributed by atoms with Gasteiger partial charge in [0.05, 0.1) is 19.3 Å². The molecular weight excluding hydrogens is 421 g/mol. The third-order valence-electron chi connectivity index (χ3n) is 5.86. The standard InChI is InChI=1S/C22H23F3N6O/c1-14-6-15(8-16(7-14)29-2-4-30(5-3-29)17-11-32-12-17)27-22-26-13-31(28-22)21-10-19(24)18(23)9-20(21)25/h6-10,13,17H,2-5,11-12H2,1H3,(H,27,28). The molecule has 0 unspecified atom stereocenters. The van der Waals surface area contributed by atoms with E-state index in [-0.39, 0.29) is 11.6 Å². The van der Waals surface area contributed by atoms with E-state index in [0.717, 1.165) is 67.1 Å². The highest BCUT2D eigenvalue weighted by Crippen LogP contribution is 2.26. The molecule has 3 aromatic rings. The average molecular weight is 444 g/mol. The second-order valence-corrected chi connectivity index (χ2v) is 8.13. The van der Waals surface area contributed by atoms with Crippen LogP contribution in [0.3, 0.4) is 0 Å². The number of halogens is 3. The van der Waals surface area contributed by atoms with Crippen LogP contribution >= 0.6 is 0 Å². The summed E-state index contributed by atoms with van der Waals surface area (Å²) >= 11 is 0. The zero-order valence-corrected chi connectivity index (χ0v) is 17.6. The fourth-order valence-corrected chi connectivity index (χ4v) is 4.05. The summed E-state index contributed by atoms with van der Waals surface area (Å²) in [6.07, 6.45) is 1.25. The fourth-order valence-electron chi connectivity index (χ4n) is 4.05. The maximum atomic E-state index is 14.0. The van der Waals surface area contributed by atoms with Crippen LogP contribution in [-0.4, -0.2) is 65.1 Å². The number of nitrogens with one attached hydrogen (secondary N) is 1. The number of ether oxygens (including phenoxy) is 1. The van der Waals surface area contributed by atoms with Gasteiger partial charge in [-0.05, 0) is 30.7 Å². The molecule has 2 fully saturated rings. The summed E-state index contributed by atoms with van der Waals surface area (Å²) in [4.78, 5) is 8.94. The van der Waals surface area contributed by atoms with Gasteiger partial charge in [0.1, 0.15) is 12.0 Å². The molecule has 1 N–H and O–H groups in total. The molecule has 0 radical (unpaired) electrons. The SMILES string of the molecule is Cc1cc(Nc2ncn(-c3cc(F)c(F)cc3F)n2)cc(N2CCN(C3COC3)CC2)c1. The Morgan fingerprint density at radius 1 is 0.938 bits per heavy atom. The molecule has 7 nitrogen and oxygen atoms in total. The van der Waals surface area contributed by atoms with Crippen molar-refractivity contribution in [2.45, 2.75) is 13.0 Å². The van der Waals surface area contributed by atoms with Gasteiger partial charge in [0.15, 0.2) is 17.5 Å². The summed E-state index contributed by atoms with van der Waals surface area (Å²) in [5.74, 6) is -3.11. The number of nitrogens with zero attached hydrogens (tertiary/aromatic N) is 5. The Morgan fingerprint density at radius 3 is 2.41 bits per heavy atom. The quantitative estimate of drug-likeness (QED) is 0.610. The van der Waals surface area contributed by atoms with Crippen molar-refractivity contribution in [1.82, 2.24) is 19.7 Å². The topological polar surface area (TPSA) is 58.5 Å². The summed E-state index contributed by atoms with van der Waals surface area (Å²) in [6, 6.07) is 7.91. The second kappa shape index (κ2) is 8.44. The molecule has 0 amide bonds. The minimum atomic E-state index is -1.25. The smallest absolute Gasteiger partial charge is 0.246 e. The highest BCUT2D eigenvalue weighted by molar-refractivity contribution is 5.64. The second-order valence-electron chi connectivity index (χ2n) is 8.13. The highest BCUT2D eigenvalue weighted by atomic mass is 19.2. The van der Waals surface area contributed by atoms with Crippen LogP contribution in [0.2, 0.25) is 0 Å². The van der Waals surface area contributed by atoms with Crippen LogP contribution < -0.4 is 10.2 Å². The number of hydrogen-bond donors (Lipinski definition) is 1. The van der Waals surface area contributed by atoms with Crippen molar-refractivity contribution in [3.63, 3.8) is 0 Å². The lowest BCUT2D eigenvalue weighted by Gasteiger charge is -2.43. The molecular formula is C22H23F3N6O. The van der Waals surface area contributed by atoms with E-state index in [9.17, 15) is 13.2 Å². The molecule has 0 bridgehead atoms. The Kier molecular flexibility index (Phi) is 5.48. The minimum absolute atomic E-state index is 0.218. The molecule has 5 rings (SSSR count). The molecule has 2 saturated heterocycles. The van der Waals surface area contributed by atoms with Crippen molar-refractivity contribution in [3.8, 4) is 5.69 Å². The van der Waals surface area contributed by atoms with Gasteiger partial charge in [0, 0.05) is 49.7 Å². The van der Waals surface area contributed by atoms with E-state index in [1.165, 1.54) is 6.33 Å². The van der Waals surface area contributed by atoms with E-state index in [2.05, 4.69) is 31.3 Å². The third kappa shape index (κ3) is 4.15. The molecule has 3 heterocycles. The summed E-state index contributed by atoms with van der Waals surface area (Å²) in [7, 11) is 0. The van der Waals surface area contributed by atoms with Gasteiger partial charge >= 0.3 is 0 Å². The van der Waals surface area contributed by atoms with E-state index in [1.807, 2.05) is 19.1 Å². The lowest BCUT2D eigenvalue weighted by atomic mass is 10.1. The first-order chi connectivity index (χ1) is 15.5. The van der Waals surface area contributed by atoms with Crippen LogP contribution in [0.15, 0.2) is 36.7 Å². The maximum Gasteiger partial charge on any atom is 0.246 e. The largest absolute Gasteiger partial charge is 0.378 e. The number of piperazine rings is 1. The summed E-state index contributed by atoms with van der Waals surface area (Å²) in [5, 5.41) is 7.28. The molecule has 1 aromatic heterocycles. The molecule has 2 aliphatic heterocycles. The molecule has 32 heavy (non-hydrogen) atoms. The van der Waals surface area contributed by atoms with Gasteiger partial charge in [0.25, 0.3) is 0 Å². The van der Waals surface area contributed by atoms with E-state index in [4.69, 9.17) is 4.74 Å². The predicted octanol–water partition coefficient (Wildman–Crippen LogP) is 3.26. The van der Waals surface area contributed by atoms with Crippen LogP contribution in [0.4, 0.5) is 30.5 Å². The van der Waals surface area contributed by atoms with Crippen molar-refractivity contribution < 1.29 is 17.9 Å². The van der Waals surface area contributed by atoms with Crippen molar-refractivity contribution in [1.29, 1.82) is 0 Å². The van der Waals surface area contributed by atoms with Crippen molar-refractivity contribution in [2.24, 2.45) is 0 Å². The minimum Gasteiger partial charge on any atom is -0.378 e. The van der Waals surface area contributed by atoms with E-state index in [0.29, 0.717) is 12.1 Å². The summed E-state index contributed by atoms with van der Waals surface area (Å²) in [6.45, 7) is 7.52. The normalized spacial score (nSPS) is 17.4. The van der Waals surface area contributed by atoms with E-state index >= 15 is 0 Å². The Balaban J connectivity index is 1.30. The molecule has 10 heteroatoms. The van der Waals surface area contributed by atoms with Crippen LogP contribution in [0, 0.1) is 24.4 Å². The van der Waals surface area contributed by atoms with Gasteiger partial charge in [-0.15, -0.1) is 5.10 Å². The van der Waals surface area contributed by atoms with Gasteiger partial charge in [-0.2, -0.15) is 4.98 Å². The van der Waals surface area contributed by atoms with E-state index in [1.54, 1.807) is 0 Å². The van der Waals surface area contributed by atoms with Crippen LogP contribution in [0.5, 0.6) is 0 Å². The molecule has 2 aromatic carbocycles. The predicted molar refractivity (Wildman–Crippen MR) is 114 cm³/mol. The van der Waals surface area contributed by atoms with Gasteiger partial charge < -0.3 is 15.0 Å². The number of anilines is 3. The molecule has 0 saturated carbocycles. The van der Waals surface area contributed by atoms with Gasteiger partial charge in [-0.3, -0.25) is 4.90 Å². The first-order valence-electron chi connectivity index (χ1n) is 10.5. The molecule has 0 aliphatic carbocycles. The first kappa shape index (κ1) is 20.8. The van der Waals surface area contributed by atoms with Gasteiger partial charge in [-0.1, -0.05) is 0 Å². The first-order valence-corrected chi connectivity index (χ1v) is 10.5. The van der Waals surface area contributed by atoms with Crippen LogP contribution in [-0.2, 0) is 4.74 Å². The van der Waals surface area contributed by atoms with Crippen LogP contribution in [0.25, 0.3) is 5.69 Å². The molecule has 0 spiro atoms. The Hall–Kier alpha value is -3.11. The number of aryl methyl sites for hydroxylation is 1. The monoisotopic (exact) mass is 444 g/mol. The Morgan fingerprint density at radius 2 is 1.69 bits per heavy atom. The number of rotatable bonds is 5. The lowest BCUT2D eigenvalue weighted by molar-refractivity contribution is -0.0660. The Bertz CT molecular complexity index is 1120. The van der Waals surface area contributed by atoms with Crippen molar-refractivity contribution in [3.05, 3.63) is 59.7 Å². The molecule has 2 aliphatic rings. The van der Waals surface area contributed by atoms with Crippen molar-refractivity contribution >= 4 is 17.3 Å². The zero-order chi connectivity index (χ0) is 22.2. The zero-order valence-electron chi connectivity index (χ0n) is 17.6. The van der Waals surface area contributed by atoms with Gasteiger partial charge in [-0.25, -0.2) is 17.9 Å².